The summed E-state index contributed by atoms with van der Waals surface area (Å²) >= 11 is 3.53. The average molecular weight is 329 g/mol. The molecule has 0 aliphatic carbocycles. The zero-order valence-electron chi connectivity index (χ0n) is 12.3. The lowest BCUT2D eigenvalue weighted by molar-refractivity contribution is 0.0793. The first-order valence-corrected chi connectivity index (χ1v) is 7.52. The lowest BCUT2D eigenvalue weighted by atomic mass is 9.95. The fraction of sp³-hybridized carbons (Fsp3) is 0.600. The number of ether oxygens (including phenoxy) is 1. The van der Waals surface area contributed by atoms with E-state index in [0.717, 1.165) is 10.9 Å². The van der Waals surface area contributed by atoms with E-state index in [1.165, 1.54) is 5.56 Å². The van der Waals surface area contributed by atoms with Crippen molar-refractivity contribution < 1.29 is 4.74 Å². The number of likely N-dealkylation sites (N-methyl/N-ethyl adjacent to an activating group) is 1. The van der Waals surface area contributed by atoms with Crippen LogP contribution in [0.4, 0.5) is 0 Å². The summed E-state index contributed by atoms with van der Waals surface area (Å²) in [4.78, 5) is 2.31. The molecule has 3 atom stereocenters. The first kappa shape index (κ1) is 16.6. The number of benzene rings is 1. The normalized spacial score (nSPS) is 16.4. The van der Waals surface area contributed by atoms with Crippen LogP contribution in [0.1, 0.15) is 31.9 Å². The van der Waals surface area contributed by atoms with Crippen molar-refractivity contribution in [1.82, 2.24) is 4.90 Å². The predicted octanol–water partition coefficient (Wildman–Crippen LogP) is 3.19. The van der Waals surface area contributed by atoms with Gasteiger partial charge < -0.3 is 10.5 Å². The van der Waals surface area contributed by atoms with Crippen LogP contribution >= 0.6 is 15.9 Å². The Kier molecular flexibility index (Phi) is 7.00. The molecule has 0 saturated carbocycles. The van der Waals surface area contributed by atoms with Crippen molar-refractivity contribution in [2.75, 3.05) is 20.8 Å². The van der Waals surface area contributed by atoms with Crippen molar-refractivity contribution in [2.45, 2.75) is 38.4 Å². The summed E-state index contributed by atoms with van der Waals surface area (Å²) in [5.74, 6) is 0. The minimum Gasteiger partial charge on any atom is -0.383 e. The van der Waals surface area contributed by atoms with Crippen LogP contribution in [-0.4, -0.2) is 37.7 Å². The van der Waals surface area contributed by atoms with Crippen LogP contribution in [0.25, 0.3) is 0 Å². The molecule has 1 rings (SSSR count). The molecule has 4 heteroatoms. The number of nitrogens with zero attached hydrogens (tertiary/aromatic N) is 1. The highest BCUT2D eigenvalue weighted by atomic mass is 79.9. The van der Waals surface area contributed by atoms with Crippen LogP contribution in [0.5, 0.6) is 0 Å². The van der Waals surface area contributed by atoms with E-state index in [9.17, 15) is 0 Å². The highest BCUT2D eigenvalue weighted by molar-refractivity contribution is 9.10. The molecule has 0 radical (unpaired) electrons. The predicted molar refractivity (Wildman–Crippen MR) is 84.3 cm³/mol. The summed E-state index contributed by atoms with van der Waals surface area (Å²) in [7, 11) is 3.85. The maximum Gasteiger partial charge on any atom is 0.0615 e. The van der Waals surface area contributed by atoms with E-state index in [2.05, 4.69) is 59.9 Å². The summed E-state index contributed by atoms with van der Waals surface area (Å²) < 4.78 is 6.35. The molecule has 0 aliphatic heterocycles. The molecule has 1 aromatic rings. The molecule has 0 aromatic heterocycles. The third kappa shape index (κ3) is 4.56. The van der Waals surface area contributed by atoms with Gasteiger partial charge in [-0.2, -0.15) is 0 Å². The Balaban J connectivity index is 3.01. The zero-order valence-corrected chi connectivity index (χ0v) is 13.9. The van der Waals surface area contributed by atoms with Gasteiger partial charge in [-0.05, 0) is 38.1 Å². The van der Waals surface area contributed by atoms with E-state index >= 15 is 0 Å². The van der Waals surface area contributed by atoms with Crippen molar-refractivity contribution in [2.24, 2.45) is 5.73 Å². The van der Waals surface area contributed by atoms with Crippen LogP contribution < -0.4 is 5.73 Å². The molecule has 2 N–H and O–H groups in total. The van der Waals surface area contributed by atoms with E-state index < -0.39 is 0 Å². The number of methoxy groups -OCH3 is 1. The van der Waals surface area contributed by atoms with E-state index in [1.54, 1.807) is 7.11 Å². The minimum atomic E-state index is 0.110. The number of hydrogen-bond donors (Lipinski definition) is 1. The largest absolute Gasteiger partial charge is 0.383 e. The third-order valence-electron chi connectivity index (χ3n) is 3.61. The second-order valence-electron chi connectivity index (χ2n) is 5.04. The van der Waals surface area contributed by atoms with Gasteiger partial charge in [-0.1, -0.05) is 35.0 Å². The smallest absolute Gasteiger partial charge is 0.0615 e. The fourth-order valence-corrected chi connectivity index (χ4v) is 2.75. The first-order valence-electron chi connectivity index (χ1n) is 6.73. The Morgan fingerprint density at radius 3 is 2.63 bits per heavy atom. The summed E-state index contributed by atoms with van der Waals surface area (Å²) in [5, 5.41) is 0. The van der Waals surface area contributed by atoms with Gasteiger partial charge in [-0.15, -0.1) is 0 Å². The molecular formula is C15H25BrN2O. The van der Waals surface area contributed by atoms with Crippen molar-refractivity contribution in [1.29, 1.82) is 0 Å². The minimum absolute atomic E-state index is 0.110. The molecule has 0 saturated heterocycles. The Labute approximate surface area is 125 Å². The van der Waals surface area contributed by atoms with E-state index in [1.807, 2.05) is 6.07 Å². The molecule has 0 heterocycles. The van der Waals surface area contributed by atoms with Gasteiger partial charge in [0.15, 0.2) is 0 Å². The van der Waals surface area contributed by atoms with Crippen LogP contribution in [-0.2, 0) is 4.74 Å². The molecule has 0 amide bonds. The molecule has 0 spiro atoms. The van der Waals surface area contributed by atoms with Crippen LogP contribution in [0.15, 0.2) is 28.7 Å². The zero-order chi connectivity index (χ0) is 14.4. The molecule has 3 unspecified atom stereocenters. The summed E-state index contributed by atoms with van der Waals surface area (Å²) in [5.41, 5.74) is 7.58. The van der Waals surface area contributed by atoms with Crippen LogP contribution in [0, 0.1) is 0 Å². The summed E-state index contributed by atoms with van der Waals surface area (Å²) in [6.07, 6.45) is 0.946. The van der Waals surface area contributed by atoms with Gasteiger partial charge in [-0.3, -0.25) is 4.90 Å². The second kappa shape index (κ2) is 8.00. The Hall–Kier alpha value is -0.420. The molecule has 108 valence electrons. The van der Waals surface area contributed by atoms with Gasteiger partial charge >= 0.3 is 0 Å². The van der Waals surface area contributed by atoms with Gasteiger partial charge in [-0.25, -0.2) is 0 Å². The Morgan fingerprint density at radius 1 is 1.42 bits per heavy atom. The van der Waals surface area contributed by atoms with Gasteiger partial charge in [0.25, 0.3) is 0 Å². The van der Waals surface area contributed by atoms with Crippen molar-refractivity contribution in [3.05, 3.63) is 34.3 Å². The number of halogens is 1. The highest BCUT2D eigenvalue weighted by Gasteiger charge is 2.26. The third-order valence-corrected chi connectivity index (χ3v) is 4.10. The quantitative estimate of drug-likeness (QED) is 0.835. The van der Waals surface area contributed by atoms with Crippen molar-refractivity contribution in [3.63, 3.8) is 0 Å². The standard InChI is InChI=1S/C15H25BrN2O/c1-5-14(17)15(18(3)11(2)10-19-4)12-7-6-8-13(16)9-12/h6-9,11,14-15H,5,10,17H2,1-4H3. The highest BCUT2D eigenvalue weighted by Crippen LogP contribution is 2.27. The SMILES string of the molecule is CCC(N)C(c1cccc(Br)c1)N(C)C(C)COC. The molecule has 0 aliphatic rings. The number of nitrogens with two attached hydrogens (primary N) is 1. The van der Waals surface area contributed by atoms with Crippen LogP contribution in [0.2, 0.25) is 0 Å². The molecular weight excluding hydrogens is 304 g/mol. The number of hydrogen-bond acceptors (Lipinski definition) is 3. The van der Waals surface area contributed by atoms with Crippen molar-refractivity contribution >= 4 is 15.9 Å². The number of rotatable bonds is 7. The first-order chi connectivity index (χ1) is 9.01. The summed E-state index contributed by atoms with van der Waals surface area (Å²) in [6.45, 7) is 5.00. The lowest BCUT2D eigenvalue weighted by Crippen LogP contribution is -2.44. The van der Waals surface area contributed by atoms with Crippen molar-refractivity contribution in [3.8, 4) is 0 Å². The summed E-state index contributed by atoms with van der Waals surface area (Å²) in [6, 6.07) is 9.02. The molecule has 1 aromatic carbocycles. The van der Waals surface area contributed by atoms with Gasteiger partial charge in [0.2, 0.25) is 0 Å². The van der Waals surface area contributed by atoms with Gasteiger partial charge in [0, 0.05) is 29.7 Å². The topological polar surface area (TPSA) is 38.5 Å². The molecule has 3 nitrogen and oxygen atoms in total. The Bertz CT molecular complexity index is 386. The monoisotopic (exact) mass is 328 g/mol. The molecule has 0 bridgehead atoms. The average Bonchev–Trinajstić information content (AvgIpc) is 2.39. The second-order valence-corrected chi connectivity index (χ2v) is 5.96. The van der Waals surface area contributed by atoms with Gasteiger partial charge in [0.1, 0.15) is 0 Å². The van der Waals surface area contributed by atoms with Crippen LogP contribution in [0.3, 0.4) is 0 Å². The van der Waals surface area contributed by atoms with E-state index in [4.69, 9.17) is 10.5 Å². The van der Waals surface area contributed by atoms with Gasteiger partial charge in [0.05, 0.1) is 6.61 Å². The lowest BCUT2D eigenvalue weighted by Gasteiger charge is -2.36. The fourth-order valence-electron chi connectivity index (χ4n) is 2.33. The Morgan fingerprint density at radius 2 is 2.11 bits per heavy atom. The maximum atomic E-state index is 6.34. The molecule has 0 fully saturated rings. The molecule has 19 heavy (non-hydrogen) atoms. The van der Waals surface area contributed by atoms with E-state index in [-0.39, 0.29) is 12.1 Å². The van der Waals surface area contributed by atoms with E-state index in [0.29, 0.717) is 12.6 Å². The maximum absolute atomic E-state index is 6.34.